The van der Waals surface area contributed by atoms with E-state index in [1.54, 1.807) is 12.3 Å². The summed E-state index contributed by atoms with van der Waals surface area (Å²) in [7, 11) is 1.46. The van der Waals surface area contributed by atoms with Gasteiger partial charge in [-0.15, -0.1) is 0 Å². The number of carboxylic acids is 1. The molecule has 4 N–H and O–H groups in total. The highest BCUT2D eigenvalue weighted by Crippen LogP contribution is 2.29. The molecular formula is C14H22N2O5. The molecule has 0 bridgehead atoms. The molecule has 1 aliphatic rings. The summed E-state index contributed by atoms with van der Waals surface area (Å²) >= 11 is 0. The minimum atomic E-state index is -1.32. The van der Waals surface area contributed by atoms with Crippen LogP contribution < -0.4 is 5.32 Å². The zero-order valence-electron chi connectivity index (χ0n) is 12.3. The minimum Gasteiger partial charge on any atom is -0.493 e. The third-order valence-corrected chi connectivity index (χ3v) is 3.20. The van der Waals surface area contributed by atoms with Crippen molar-refractivity contribution in [2.24, 2.45) is 4.99 Å². The van der Waals surface area contributed by atoms with Gasteiger partial charge in [0.25, 0.3) is 0 Å². The third-order valence-electron chi connectivity index (χ3n) is 3.20. The number of nitrogens with one attached hydrogen (secondary N) is 1. The van der Waals surface area contributed by atoms with Crippen LogP contribution in [0, 0.1) is 0 Å². The molecule has 7 heteroatoms. The smallest absolute Gasteiger partial charge is 0.322 e. The van der Waals surface area contributed by atoms with Crippen LogP contribution >= 0.6 is 0 Å². The zero-order chi connectivity index (χ0) is 15.9. The van der Waals surface area contributed by atoms with Gasteiger partial charge in [-0.05, 0) is 19.8 Å². The monoisotopic (exact) mass is 298 g/mol. The largest absolute Gasteiger partial charge is 0.493 e. The van der Waals surface area contributed by atoms with Gasteiger partial charge in [0.15, 0.2) is 5.76 Å². The van der Waals surface area contributed by atoms with Crippen molar-refractivity contribution < 1.29 is 24.9 Å². The number of ether oxygens (including phenoxy) is 1. The summed E-state index contributed by atoms with van der Waals surface area (Å²) in [5.41, 5.74) is -0.289. The normalized spacial score (nSPS) is 25.2. The van der Waals surface area contributed by atoms with Crippen LogP contribution in [0.2, 0.25) is 0 Å². The van der Waals surface area contributed by atoms with Crippen LogP contribution in [0.5, 0.6) is 0 Å². The number of aliphatic hydroxyl groups excluding tert-OH is 1. The van der Waals surface area contributed by atoms with Crippen LogP contribution in [0.3, 0.4) is 0 Å². The van der Waals surface area contributed by atoms with Crippen molar-refractivity contribution in [1.82, 2.24) is 5.32 Å². The first-order valence-electron chi connectivity index (χ1n) is 6.70. The van der Waals surface area contributed by atoms with Crippen molar-refractivity contribution >= 4 is 11.7 Å². The number of allylic oxidation sites excluding steroid dienone is 2. The van der Waals surface area contributed by atoms with E-state index in [9.17, 15) is 15.0 Å². The average Bonchev–Trinajstić information content (AvgIpc) is 2.60. The first kappa shape index (κ1) is 17.2. The summed E-state index contributed by atoms with van der Waals surface area (Å²) in [6, 6.07) is 0. The molecule has 1 atom stereocenters. The van der Waals surface area contributed by atoms with E-state index in [-0.39, 0.29) is 13.0 Å². The van der Waals surface area contributed by atoms with Gasteiger partial charge in [0.2, 0.25) is 0 Å². The molecule has 0 aromatic rings. The molecule has 0 saturated heterocycles. The Bertz CT molecular complexity index is 470. The van der Waals surface area contributed by atoms with Gasteiger partial charge in [0, 0.05) is 12.6 Å². The van der Waals surface area contributed by atoms with Crippen LogP contribution in [0.25, 0.3) is 0 Å². The van der Waals surface area contributed by atoms with Gasteiger partial charge in [-0.25, -0.2) is 0 Å². The molecule has 1 aliphatic carbocycles. The number of carboxylic acid groups (broad SMARTS) is 1. The topological polar surface area (TPSA) is 111 Å². The second kappa shape index (κ2) is 7.80. The Kier molecular flexibility index (Phi) is 6.39. The van der Waals surface area contributed by atoms with Crippen molar-refractivity contribution in [2.45, 2.75) is 31.8 Å². The lowest BCUT2D eigenvalue weighted by molar-refractivity contribution is -0.135. The molecule has 118 valence electrons. The molecule has 7 nitrogen and oxygen atoms in total. The van der Waals surface area contributed by atoms with E-state index >= 15 is 0 Å². The van der Waals surface area contributed by atoms with Gasteiger partial charge in [0.05, 0.1) is 30.7 Å². The van der Waals surface area contributed by atoms with Crippen LogP contribution in [-0.2, 0) is 9.53 Å². The number of aliphatic carboxylic acids is 1. The van der Waals surface area contributed by atoms with E-state index in [1.165, 1.54) is 7.11 Å². The molecule has 0 fully saturated rings. The van der Waals surface area contributed by atoms with Crippen molar-refractivity contribution in [2.75, 3.05) is 20.3 Å². The highest BCUT2D eigenvalue weighted by molar-refractivity contribution is 5.99. The highest BCUT2D eigenvalue weighted by Gasteiger charge is 2.34. The molecule has 0 aliphatic heterocycles. The van der Waals surface area contributed by atoms with Crippen LogP contribution in [-0.4, -0.2) is 52.9 Å². The van der Waals surface area contributed by atoms with Crippen molar-refractivity contribution in [3.05, 3.63) is 23.7 Å². The minimum absolute atomic E-state index is 0.0782. The highest BCUT2D eigenvalue weighted by atomic mass is 16.5. The van der Waals surface area contributed by atoms with Crippen LogP contribution in [0.15, 0.2) is 28.7 Å². The predicted molar refractivity (Wildman–Crippen MR) is 77.8 cm³/mol. The maximum atomic E-state index is 10.7. The summed E-state index contributed by atoms with van der Waals surface area (Å²) in [6.45, 7) is 1.10. The molecular weight excluding hydrogens is 276 g/mol. The average molecular weight is 298 g/mol. The Balaban J connectivity index is 3.18. The molecule has 0 aromatic heterocycles. The Hall–Kier alpha value is -1.86. The molecule has 1 unspecified atom stereocenters. The number of aliphatic imine (C=N–C) groups is 1. The van der Waals surface area contributed by atoms with Crippen molar-refractivity contribution in [3.63, 3.8) is 0 Å². The predicted octanol–water partition coefficient (Wildman–Crippen LogP) is 0.401. The second-order valence-electron chi connectivity index (χ2n) is 4.88. The molecule has 0 heterocycles. The van der Waals surface area contributed by atoms with E-state index in [4.69, 9.17) is 9.84 Å². The van der Waals surface area contributed by atoms with E-state index in [0.717, 1.165) is 0 Å². The van der Waals surface area contributed by atoms with Gasteiger partial charge < -0.3 is 25.4 Å². The SMILES string of the molecule is C/C=C\N=C1CCC(O)(CO)CC(NCC(=O)O)=C1OC. The Morgan fingerprint density at radius 3 is 2.81 bits per heavy atom. The zero-order valence-corrected chi connectivity index (χ0v) is 12.3. The van der Waals surface area contributed by atoms with Gasteiger partial charge in [-0.2, -0.15) is 0 Å². The fourth-order valence-corrected chi connectivity index (χ4v) is 2.13. The summed E-state index contributed by atoms with van der Waals surface area (Å²) in [5, 5.41) is 31.3. The Morgan fingerprint density at radius 2 is 2.29 bits per heavy atom. The maximum Gasteiger partial charge on any atom is 0.322 e. The van der Waals surface area contributed by atoms with Crippen LogP contribution in [0.1, 0.15) is 26.2 Å². The molecule has 0 aromatic carbocycles. The molecule has 0 radical (unpaired) electrons. The van der Waals surface area contributed by atoms with Crippen molar-refractivity contribution in [3.8, 4) is 0 Å². The molecule has 0 saturated carbocycles. The van der Waals surface area contributed by atoms with Gasteiger partial charge in [0.1, 0.15) is 6.54 Å². The summed E-state index contributed by atoms with van der Waals surface area (Å²) in [5.74, 6) is -0.611. The molecule has 0 amide bonds. The lowest BCUT2D eigenvalue weighted by Crippen LogP contribution is -2.36. The van der Waals surface area contributed by atoms with E-state index in [1.807, 2.05) is 6.92 Å². The summed E-state index contributed by atoms with van der Waals surface area (Å²) in [6.07, 6.45) is 4.17. The summed E-state index contributed by atoms with van der Waals surface area (Å²) in [4.78, 5) is 15.0. The lowest BCUT2D eigenvalue weighted by Gasteiger charge is -2.25. The number of hydrogen-bond donors (Lipinski definition) is 4. The Morgan fingerprint density at radius 1 is 1.57 bits per heavy atom. The quantitative estimate of drug-likeness (QED) is 0.565. The van der Waals surface area contributed by atoms with E-state index < -0.39 is 18.2 Å². The van der Waals surface area contributed by atoms with Crippen LogP contribution in [0.4, 0.5) is 0 Å². The number of rotatable bonds is 6. The van der Waals surface area contributed by atoms with E-state index in [2.05, 4.69) is 10.3 Å². The first-order chi connectivity index (χ1) is 9.95. The maximum absolute atomic E-state index is 10.7. The molecule has 21 heavy (non-hydrogen) atoms. The van der Waals surface area contributed by atoms with E-state index in [0.29, 0.717) is 30.0 Å². The standard InChI is InChI=1S/C14H22N2O5/c1-3-6-15-10-4-5-14(20,9-17)7-11(13(10)21-2)16-8-12(18)19/h3,6,16-17,20H,4-5,7-9H2,1-2H3,(H,18,19)/b6-3-,15-10?. The fourth-order valence-electron chi connectivity index (χ4n) is 2.13. The first-order valence-corrected chi connectivity index (χ1v) is 6.70. The number of methoxy groups -OCH3 is 1. The summed E-state index contributed by atoms with van der Waals surface area (Å²) < 4.78 is 5.33. The van der Waals surface area contributed by atoms with Gasteiger partial charge >= 0.3 is 5.97 Å². The number of hydrogen-bond acceptors (Lipinski definition) is 6. The number of nitrogens with zero attached hydrogens (tertiary/aromatic N) is 1. The fraction of sp³-hybridized carbons (Fsp3) is 0.571. The number of aliphatic hydroxyl groups is 2. The van der Waals surface area contributed by atoms with Gasteiger partial charge in [-0.1, -0.05) is 6.08 Å². The third kappa shape index (κ3) is 4.87. The molecule has 0 spiro atoms. The Labute approximate surface area is 123 Å². The second-order valence-corrected chi connectivity index (χ2v) is 4.88. The lowest BCUT2D eigenvalue weighted by atomic mass is 9.95. The van der Waals surface area contributed by atoms with Gasteiger partial charge in [-0.3, -0.25) is 9.79 Å². The van der Waals surface area contributed by atoms with Crippen molar-refractivity contribution in [1.29, 1.82) is 0 Å². The molecule has 1 rings (SSSR count). The number of carbonyl (C=O) groups is 1.